The van der Waals surface area contributed by atoms with E-state index in [-0.39, 0.29) is 12.5 Å². The monoisotopic (exact) mass is 332 g/mol. The van der Waals surface area contributed by atoms with Gasteiger partial charge in [-0.05, 0) is 55.3 Å². The first-order chi connectivity index (χ1) is 11.2. The lowest BCUT2D eigenvalue weighted by atomic mass is 10.1. The fourth-order valence-electron chi connectivity index (χ4n) is 2.12. The number of hydrogen-bond donors (Lipinski definition) is 2. The number of carbonyl (C=O) groups is 1. The van der Waals surface area contributed by atoms with Crippen molar-refractivity contribution in [3.8, 4) is 5.75 Å². The van der Waals surface area contributed by atoms with Gasteiger partial charge in [0.1, 0.15) is 5.75 Å². The number of rotatable bonds is 8. The van der Waals surface area contributed by atoms with Gasteiger partial charge >= 0.3 is 0 Å². The quantitative estimate of drug-likeness (QED) is 0.777. The highest BCUT2D eigenvalue weighted by Crippen LogP contribution is 2.15. The van der Waals surface area contributed by atoms with Gasteiger partial charge < -0.3 is 15.4 Å². The topological polar surface area (TPSA) is 50.4 Å². The number of ether oxygens (including phenoxy) is 1. The van der Waals surface area contributed by atoms with E-state index >= 15 is 0 Å². The van der Waals surface area contributed by atoms with Crippen molar-refractivity contribution in [1.82, 2.24) is 5.32 Å². The first-order valence-electron chi connectivity index (χ1n) is 7.65. The second-order valence-corrected chi connectivity index (χ2v) is 5.48. The zero-order valence-electron chi connectivity index (χ0n) is 13.1. The first-order valence-corrected chi connectivity index (χ1v) is 8.03. The predicted octanol–water partition coefficient (Wildman–Crippen LogP) is 3.51. The van der Waals surface area contributed by atoms with Gasteiger partial charge in [-0.15, -0.1) is 0 Å². The predicted molar refractivity (Wildman–Crippen MR) is 94.3 cm³/mol. The molecule has 4 nitrogen and oxygen atoms in total. The van der Waals surface area contributed by atoms with Crippen molar-refractivity contribution >= 4 is 23.2 Å². The summed E-state index contributed by atoms with van der Waals surface area (Å²) in [5.41, 5.74) is 2.00. The molecule has 0 radical (unpaired) electrons. The van der Waals surface area contributed by atoms with Crippen molar-refractivity contribution in [3.05, 3.63) is 59.1 Å². The molecule has 2 N–H and O–H groups in total. The Balaban J connectivity index is 1.68. The van der Waals surface area contributed by atoms with Gasteiger partial charge in [-0.2, -0.15) is 0 Å². The Bertz CT molecular complexity index is 629. The van der Waals surface area contributed by atoms with Crippen LogP contribution in [0.5, 0.6) is 5.75 Å². The van der Waals surface area contributed by atoms with Crippen LogP contribution in [0.4, 0.5) is 5.69 Å². The van der Waals surface area contributed by atoms with Crippen LogP contribution in [0.1, 0.15) is 12.5 Å². The number of anilines is 1. The highest BCUT2D eigenvalue weighted by atomic mass is 35.5. The molecule has 0 spiro atoms. The Hall–Kier alpha value is -2.20. The molecule has 0 bridgehead atoms. The zero-order chi connectivity index (χ0) is 16.5. The molecule has 0 aliphatic rings. The first kappa shape index (κ1) is 17.2. The molecule has 0 saturated heterocycles. The Kier molecular flexibility index (Phi) is 6.76. The van der Waals surface area contributed by atoms with E-state index in [0.29, 0.717) is 18.2 Å². The molecule has 2 rings (SSSR count). The molecule has 0 aromatic heterocycles. The number of carbonyl (C=O) groups excluding carboxylic acids is 1. The third kappa shape index (κ3) is 6.20. The lowest BCUT2D eigenvalue weighted by Crippen LogP contribution is -2.31. The summed E-state index contributed by atoms with van der Waals surface area (Å²) in [7, 11) is 0. The van der Waals surface area contributed by atoms with Gasteiger partial charge in [-0.1, -0.05) is 23.7 Å². The molecular weight excluding hydrogens is 312 g/mol. The summed E-state index contributed by atoms with van der Waals surface area (Å²) >= 11 is 5.93. The lowest BCUT2D eigenvalue weighted by molar-refractivity contribution is -0.119. The summed E-state index contributed by atoms with van der Waals surface area (Å²) in [6.07, 6.45) is 0.759. The number of benzene rings is 2. The Labute approximate surface area is 141 Å². The van der Waals surface area contributed by atoms with E-state index in [0.717, 1.165) is 23.4 Å². The van der Waals surface area contributed by atoms with Gasteiger partial charge in [0, 0.05) is 17.3 Å². The Morgan fingerprint density at radius 2 is 1.96 bits per heavy atom. The molecule has 23 heavy (non-hydrogen) atoms. The van der Waals surface area contributed by atoms with Crippen LogP contribution in [0.15, 0.2) is 48.5 Å². The summed E-state index contributed by atoms with van der Waals surface area (Å²) < 4.78 is 5.37. The summed E-state index contributed by atoms with van der Waals surface area (Å²) in [6, 6.07) is 15.2. The lowest BCUT2D eigenvalue weighted by Gasteiger charge is -2.09. The second kappa shape index (κ2) is 9.06. The molecule has 0 unspecified atom stereocenters. The van der Waals surface area contributed by atoms with Crippen molar-refractivity contribution in [3.63, 3.8) is 0 Å². The van der Waals surface area contributed by atoms with Gasteiger partial charge in [0.15, 0.2) is 0 Å². The van der Waals surface area contributed by atoms with Crippen molar-refractivity contribution in [2.45, 2.75) is 13.3 Å². The molecule has 5 heteroatoms. The van der Waals surface area contributed by atoms with E-state index in [1.54, 1.807) is 0 Å². The van der Waals surface area contributed by atoms with Crippen LogP contribution in [-0.4, -0.2) is 25.6 Å². The van der Waals surface area contributed by atoms with Crippen molar-refractivity contribution in [2.75, 3.05) is 25.0 Å². The summed E-state index contributed by atoms with van der Waals surface area (Å²) in [4.78, 5) is 11.8. The van der Waals surface area contributed by atoms with Crippen molar-refractivity contribution < 1.29 is 9.53 Å². The maximum Gasteiger partial charge on any atom is 0.239 e. The van der Waals surface area contributed by atoms with Crippen LogP contribution in [-0.2, 0) is 11.2 Å². The molecule has 0 aliphatic carbocycles. The zero-order valence-corrected chi connectivity index (χ0v) is 13.9. The number of amides is 1. The molecule has 0 atom stereocenters. The maximum absolute atomic E-state index is 11.8. The van der Waals surface area contributed by atoms with Crippen LogP contribution < -0.4 is 15.4 Å². The Morgan fingerprint density at radius 1 is 1.17 bits per heavy atom. The average Bonchev–Trinajstić information content (AvgIpc) is 2.55. The van der Waals surface area contributed by atoms with Gasteiger partial charge in [0.05, 0.1) is 13.2 Å². The molecule has 2 aromatic rings. The highest BCUT2D eigenvalue weighted by Gasteiger charge is 2.02. The highest BCUT2D eigenvalue weighted by molar-refractivity contribution is 6.30. The van der Waals surface area contributed by atoms with E-state index in [1.807, 2.05) is 55.5 Å². The minimum Gasteiger partial charge on any atom is -0.494 e. The molecule has 122 valence electrons. The van der Waals surface area contributed by atoms with E-state index in [9.17, 15) is 4.79 Å². The van der Waals surface area contributed by atoms with Crippen LogP contribution in [0.3, 0.4) is 0 Å². The normalized spacial score (nSPS) is 10.2. The standard InChI is InChI=1S/C18H21ClN2O2/c1-2-23-17-8-6-16(7-9-17)21-13-18(22)20-11-10-14-4-3-5-15(19)12-14/h3-9,12,21H,2,10-11,13H2,1H3,(H,20,22). The van der Waals surface area contributed by atoms with Gasteiger partial charge in [0.2, 0.25) is 5.91 Å². The number of hydrogen-bond acceptors (Lipinski definition) is 3. The molecule has 1 amide bonds. The molecule has 2 aromatic carbocycles. The van der Waals surface area contributed by atoms with E-state index < -0.39 is 0 Å². The van der Waals surface area contributed by atoms with Crippen molar-refractivity contribution in [1.29, 1.82) is 0 Å². The third-order valence-electron chi connectivity index (χ3n) is 3.24. The van der Waals surface area contributed by atoms with E-state index in [2.05, 4.69) is 10.6 Å². The van der Waals surface area contributed by atoms with Crippen LogP contribution in [0.25, 0.3) is 0 Å². The summed E-state index contributed by atoms with van der Waals surface area (Å²) in [6.45, 7) is 3.41. The van der Waals surface area contributed by atoms with Crippen LogP contribution in [0, 0.1) is 0 Å². The second-order valence-electron chi connectivity index (χ2n) is 5.04. The minimum atomic E-state index is -0.0408. The Morgan fingerprint density at radius 3 is 2.65 bits per heavy atom. The van der Waals surface area contributed by atoms with Gasteiger partial charge in [-0.3, -0.25) is 4.79 Å². The maximum atomic E-state index is 11.8. The number of halogens is 1. The largest absolute Gasteiger partial charge is 0.494 e. The van der Waals surface area contributed by atoms with Gasteiger partial charge in [0.25, 0.3) is 0 Å². The third-order valence-corrected chi connectivity index (χ3v) is 3.48. The van der Waals surface area contributed by atoms with E-state index in [1.165, 1.54) is 0 Å². The summed E-state index contributed by atoms with van der Waals surface area (Å²) in [5.74, 6) is 0.782. The van der Waals surface area contributed by atoms with Crippen LogP contribution in [0.2, 0.25) is 5.02 Å². The summed E-state index contributed by atoms with van der Waals surface area (Å²) in [5, 5.41) is 6.68. The fourth-order valence-corrected chi connectivity index (χ4v) is 2.33. The average molecular weight is 333 g/mol. The van der Waals surface area contributed by atoms with Gasteiger partial charge in [-0.25, -0.2) is 0 Å². The molecule has 0 aliphatic heterocycles. The molecule has 0 saturated carbocycles. The molecule has 0 heterocycles. The smallest absolute Gasteiger partial charge is 0.239 e. The number of nitrogens with one attached hydrogen (secondary N) is 2. The van der Waals surface area contributed by atoms with E-state index in [4.69, 9.17) is 16.3 Å². The van der Waals surface area contributed by atoms with Crippen molar-refractivity contribution in [2.24, 2.45) is 0 Å². The van der Waals surface area contributed by atoms with Crippen LogP contribution >= 0.6 is 11.6 Å². The molecule has 0 fully saturated rings. The molecular formula is C18H21ClN2O2. The SMILES string of the molecule is CCOc1ccc(NCC(=O)NCCc2cccc(Cl)c2)cc1. The fraction of sp³-hybridized carbons (Fsp3) is 0.278. The minimum absolute atomic E-state index is 0.0408.